The Kier molecular flexibility index (Phi) is 7.89. The second-order valence-electron chi connectivity index (χ2n) is 5.83. The molecule has 0 fully saturated rings. The summed E-state index contributed by atoms with van der Waals surface area (Å²) in [6.07, 6.45) is 0.0834. The first-order valence-electron chi connectivity index (χ1n) is 7.81. The average Bonchev–Trinajstić information content (AvgIpc) is 2.44. The number of carbonyl (C=O) groups is 2. The van der Waals surface area contributed by atoms with Gasteiger partial charge < -0.3 is 15.4 Å². The Balaban J connectivity index is 2.61. The summed E-state index contributed by atoms with van der Waals surface area (Å²) in [7, 11) is 0. The Morgan fingerprint density at radius 1 is 1.22 bits per heavy atom. The third-order valence-corrected chi connectivity index (χ3v) is 3.55. The first-order valence-corrected chi connectivity index (χ1v) is 8.19. The number of nitrogens with one attached hydrogen (secondary N) is 2. The highest BCUT2D eigenvalue weighted by molar-refractivity contribution is 6.30. The Bertz CT molecular complexity index is 534. The van der Waals surface area contributed by atoms with E-state index >= 15 is 0 Å². The van der Waals surface area contributed by atoms with Gasteiger partial charge in [0.15, 0.2) is 0 Å². The molecule has 2 atom stereocenters. The molecule has 2 N–H and O–H groups in total. The van der Waals surface area contributed by atoms with Crippen LogP contribution in [0.25, 0.3) is 0 Å². The highest BCUT2D eigenvalue weighted by atomic mass is 35.5. The van der Waals surface area contributed by atoms with Crippen molar-refractivity contribution in [1.29, 1.82) is 0 Å². The number of benzene rings is 1. The number of alkyl carbamates (subject to hydrolysis) is 1. The molecular formula is C17H25ClN2O3. The van der Waals surface area contributed by atoms with Crippen molar-refractivity contribution in [3.63, 3.8) is 0 Å². The highest BCUT2D eigenvalue weighted by Gasteiger charge is 2.25. The summed E-state index contributed by atoms with van der Waals surface area (Å²) in [6.45, 7) is 7.65. The molecule has 128 valence electrons. The van der Waals surface area contributed by atoms with Gasteiger partial charge in [0.05, 0.1) is 6.61 Å². The fourth-order valence-electron chi connectivity index (χ4n) is 2.24. The smallest absolute Gasteiger partial charge is 0.407 e. The van der Waals surface area contributed by atoms with E-state index in [0.717, 1.165) is 5.56 Å². The number of carbonyl (C=O) groups excluding carboxylic acids is 2. The van der Waals surface area contributed by atoms with E-state index in [2.05, 4.69) is 10.6 Å². The van der Waals surface area contributed by atoms with Gasteiger partial charge >= 0.3 is 6.09 Å². The van der Waals surface area contributed by atoms with E-state index in [4.69, 9.17) is 16.3 Å². The molecule has 0 unspecified atom stereocenters. The number of halogens is 1. The maximum Gasteiger partial charge on any atom is 0.407 e. The first kappa shape index (κ1) is 19.3. The molecule has 0 saturated carbocycles. The van der Waals surface area contributed by atoms with Crippen molar-refractivity contribution in [1.82, 2.24) is 10.6 Å². The Morgan fingerprint density at radius 2 is 1.91 bits per heavy atom. The van der Waals surface area contributed by atoms with E-state index in [-0.39, 0.29) is 24.5 Å². The molecular weight excluding hydrogens is 316 g/mol. The summed E-state index contributed by atoms with van der Waals surface area (Å²) in [5, 5.41) is 6.20. The summed E-state index contributed by atoms with van der Waals surface area (Å²) < 4.78 is 4.84. The van der Waals surface area contributed by atoms with Crippen LogP contribution in [-0.2, 0) is 16.0 Å². The number of amides is 2. The summed E-state index contributed by atoms with van der Waals surface area (Å²) >= 11 is 5.96. The molecule has 2 amide bonds. The van der Waals surface area contributed by atoms with Crippen molar-refractivity contribution in [2.24, 2.45) is 5.92 Å². The molecule has 0 bridgehead atoms. The highest BCUT2D eigenvalue weighted by Crippen LogP contribution is 2.12. The molecule has 1 aromatic carbocycles. The minimum absolute atomic E-state index is 0.0437. The first-order chi connectivity index (χ1) is 10.8. The summed E-state index contributed by atoms with van der Waals surface area (Å²) in [6, 6.07) is 6.83. The second kappa shape index (κ2) is 9.40. The number of hydrogen-bond acceptors (Lipinski definition) is 3. The standard InChI is InChI=1S/C17H25ClN2O3/c1-5-23-17(22)20-15(11(2)3)16(21)19-12(4)9-13-7-6-8-14(18)10-13/h6-8,10-12,15H,5,9H2,1-4H3,(H,19,21)(H,20,22)/t12-,15+/m1/s1. The van der Waals surface area contributed by atoms with E-state index in [9.17, 15) is 9.59 Å². The van der Waals surface area contributed by atoms with Gasteiger partial charge in [-0.2, -0.15) is 0 Å². The molecule has 1 rings (SSSR count). The van der Waals surface area contributed by atoms with Crippen LogP contribution in [0.3, 0.4) is 0 Å². The number of ether oxygens (including phenoxy) is 1. The lowest BCUT2D eigenvalue weighted by molar-refractivity contribution is -0.124. The van der Waals surface area contributed by atoms with E-state index in [1.165, 1.54) is 0 Å². The van der Waals surface area contributed by atoms with Crippen molar-refractivity contribution >= 4 is 23.6 Å². The molecule has 23 heavy (non-hydrogen) atoms. The second-order valence-corrected chi connectivity index (χ2v) is 6.27. The van der Waals surface area contributed by atoms with Crippen LogP contribution >= 0.6 is 11.6 Å². The van der Waals surface area contributed by atoms with Gasteiger partial charge in [-0.05, 0) is 43.9 Å². The molecule has 0 aliphatic carbocycles. The quantitative estimate of drug-likeness (QED) is 0.801. The monoisotopic (exact) mass is 340 g/mol. The maximum atomic E-state index is 12.4. The fraction of sp³-hybridized carbons (Fsp3) is 0.529. The van der Waals surface area contributed by atoms with Crippen LogP contribution in [-0.4, -0.2) is 30.7 Å². The van der Waals surface area contributed by atoms with E-state index in [1.807, 2.05) is 45.0 Å². The molecule has 0 aromatic heterocycles. The van der Waals surface area contributed by atoms with Crippen LogP contribution in [0.4, 0.5) is 4.79 Å². The molecule has 6 heteroatoms. The molecule has 0 heterocycles. The maximum absolute atomic E-state index is 12.4. The zero-order chi connectivity index (χ0) is 17.4. The summed E-state index contributed by atoms with van der Waals surface area (Å²) in [5.41, 5.74) is 1.05. The summed E-state index contributed by atoms with van der Waals surface area (Å²) in [5.74, 6) is -0.264. The molecule has 1 aromatic rings. The van der Waals surface area contributed by atoms with Crippen LogP contribution < -0.4 is 10.6 Å². The minimum atomic E-state index is -0.629. The summed E-state index contributed by atoms with van der Waals surface area (Å²) in [4.78, 5) is 23.9. The molecule has 0 spiro atoms. The van der Waals surface area contributed by atoms with Gasteiger partial charge in [-0.15, -0.1) is 0 Å². The van der Waals surface area contributed by atoms with Crippen molar-refractivity contribution in [2.75, 3.05) is 6.61 Å². The molecule has 5 nitrogen and oxygen atoms in total. The van der Waals surface area contributed by atoms with Gasteiger partial charge in [-0.3, -0.25) is 4.79 Å². The van der Waals surface area contributed by atoms with Gasteiger partial charge in [0, 0.05) is 11.1 Å². The lowest BCUT2D eigenvalue weighted by Crippen LogP contribution is -2.52. The predicted molar refractivity (Wildman–Crippen MR) is 91.5 cm³/mol. The lowest BCUT2D eigenvalue weighted by Gasteiger charge is -2.23. The Morgan fingerprint density at radius 3 is 2.48 bits per heavy atom. The van der Waals surface area contributed by atoms with Crippen LogP contribution in [0.2, 0.25) is 5.02 Å². The van der Waals surface area contributed by atoms with Crippen LogP contribution in [0.15, 0.2) is 24.3 Å². The third-order valence-electron chi connectivity index (χ3n) is 3.32. The Hall–Kier alpha value is -1.75. The zero-order valence-corrected chi connectivity index (χ0v) is 14.8. The van der Waals surface area contributed by atoms with Crippen molar-refractivity contribution in [3.05, 3.63) is 34.9 Å². The van der Waals surface area contributed by atoms with Gasteiger partial charge in [-0.25, -0.2) is 4.79 Å². The van der Waals surface area contributed by atoms with E-state index in [0.29, 0.717) is 11.4 Å². The number of rotatable bonds is 7. The van der Waals surface area contributed by atoms with Crippen LogP contribution in [0.5, 0.6) is 0 Å². The number of hydrogen-bond donors (Lipinski definition) is 2. The molecule has 0 radical (unpaired) electrons. The molecule has 0 aliphatic rings. The van der Waals surface area contributed by atoms with E-state index < -0.39 is 12.1 Å². The van der Waals surface area contributed by atoms with Gasteiger partial charge in [0.25, 0.3) is 0 Å². The predicted octanol–water partition coefficient (Wildman–Crippen LogP) is 3.16. The fourth-order valence-corrected chi connectivity index (χ4v) is 2.45. The van der Waals surface area contributed by atoms with Gasteiger partial charge in [0.1, 0.15) is 6.04 Å². The third kappa shape index (κ3) is 6.91. The topological polar surface area (TPSA) is 67.4 Å². The van der Waals surface area contributed by atoms with Gasteiger partial charge in [0.2, 0.25) is 5.91 Å². The van der Waals surface area contributed by atoms with Gasteiger partial charge in [-0.1, -0.05) is 37.6 Å². The van der Waals surface area contributed by atoms with Crippen molar-refractivity contribution < 1.29 is 14.3 Å². The Labute approximate surface area is 142 Å². The van der Waals surface area contributed by atoms with Crippen LogP contribution in [0, 0.1) is 5.92 Å². The van der Waals surface area contributed by atoms with Crippen molar-refractivity contribution in [3.8, 4) is 0 Å². The zero-order valence-electron chi connectivity index (χ0n) is 14.1. The SMILES string of the molecule is CCOC(=O)N[C@H](C(=O)N[C@H](C)Cc1cccc(Cl)c1)C(C)C. The average molecular weight is 341 g/mol. The minimum Gasteiger partial charge on any atom is -0.450 e. The molecule has 0 saturated heterocycles. The largest absolute Gasteiger partial charge is 0.450 e. The molecule has 0 aliphatic heterocycles. The normalized spacial score (nSPS) is 13.3. The lowest BCUT2D eigenvalue weighted by atomic mass is 10.0. The van der Waals surface area contributed by atoms with E-state index in [1.54, 1.807) is 6.92 Å². The van der Waals surface area contributed by atoms with Crippen molar-refractivity contribution in [2.45, 2.75) is 46.2 Å². The van der Waals surface area contributed by atoms with Crippen LogP contribution in [0.1, 0.15) is 33.3 Å².